The van der Waals surface area contributed by atoms with E-state index in [1.165, 1.54) is 0 Å². The van der Waals surface area contributed by atoms with E-state index >= 15 is 0 Å². The normalized spacial score (nSPS) is 28.6. The molecule has 1 aliphatic heterocycles. The number of aliphatic hydroxyl groups excluding tert-OH is 3. The average Bonchev–Trinajstić information content (AvgIpc) is 2.74. The highest BCUT2D eigenvalue weighted by Crippen LogP contribution is 2.27. The second kappa shape index (κ2) is 5.77. The van der Waals surface area contributed by atoms with Gasteiger partial charge in [-0.05, 0) is 0 Å². The zero-order chi connectivity index (χ0) is 15.7. The molecule has 1 saturated heterocycles. The van der Waals surface area contributed by atoms with E-state index in [1.807, 2.05) is 4.98 Å². The van der Waals surface area contributed by atoms with Crippen LogP contribution in [-0.2, 0) is 9.47 Å². The van der Waals surface area contributed by atoms with Gasteiger partial charge in [0.15, 0.2) is 6.23 Å². The first kappa shape index (κ1) is 15.4. The number of carbonyl (C=O) groups excluding carboxylic acids is 1. The molecular weight excluding hydrogens is 288 g/mol. The minimum Gasteiger partial charge on any atom is -0.465 e. The van der Waals surface area contributed by atoms with Crippen molar-refractivity contribution in [2.45, 2.75) is 24.5 Å². The highest BCUT2D eigenvalue weighted by Gasteiger charge is 2.44. The standard InChI is InChI=1S/C11H14N2O8/c1-20-10(18)4-2-13(11(19)12-8(4)17)9-7(16)6(15)5(3-14)21-9/h2,5-7,9,14-16H,3H2,1H3,(H,12,17,19)/t5-,6-,7-,9-/m1/s1. The molecule has 0 aliphatic carbocycles. The summed E-state index contributed by atoms with van der Waals surface area (Å²) < 4.78 is 10.3. The second-order valence-corrected chi connectivity index (χ2v) is 4.43. The Kier molecular flexibility index (Phi) is 4.23. The lowest BCUT2D eigenvalue weighted by Crippen LogP contribution is -2.39. The Hall–Kier alpha value is -2.01. The van der Waals surface area contributed by atoms with Crippen molar-refractivity contribution in [1.29, 1.82) is 0 Å². The molecule has 0 amide bonds. The minimum absolute atomic E-state index is 0.463. The number of esters is 1. The highest BCUT2D eigenvalue weighted by atomic mass is 16.6. The van der Waals surface area contributed by atoms with E-state index in [0.717, 1.165) is 17.9 Å². The van der Waals surface area contributed by atoms with E-state index in [1.54, 1.807) is 0 Å². The van der Waals surface area contributed by atoms with Gasteiger partial charge in [-0.3, -0.25) is 14.3 Å². The summed E-state index contributed by atoms with van der Waals surface area (Å²) in [6, 6.07) is 0. The van der Waals surface area contributed by atoms with Gasteiger partial charge in [-0.1, -0.05) is 0 Å². The van der Waals surface area contributed by atoms with Crippen molar-refractivity contribution in [3.8, 4) is 0 Å². The molecule has 4 atom stereocenters. The molecule has 2 heterocycles. The van der Waals surface area contributed by atoms with E-state index in [2.05, 4.69) is 4.74 Å². The van der Waals surface area contributed by atoms with E-state index in [0.29, 0.717) is 0 Å². The topological polar surface area (TPSA) is 151 Å². The number of nitrogens with zero attached hydrogens (tertiary/aromatic N) is 1. The van der Waals surface area contributed by atoms with Crippen molar-refractivity contribution in [2.75, 3.05) is 13.7 Å². The van der Waals surface area contributed by atoms with Gasteiger partial charge in [-0.25, -0.2) is 9.59 Å². The summed E-state index contributed by atoms with van der Waals surface area (Å²) in [6.07, 6.45) is -4.51. The number of carbonyl (C=O) groups is 1. The van der Waals surface area contributed by atoms with Gasteiger partial charge in [0.05, 0.1) is 13.7 Å². The predicted octanol–water partition coefficient (Wildman–Crippen LogP) is -3.07. The molecule has 116 valence electrons. The summed E-state index contributed by atoms with van der Waals surface area (Å²) in [6.45, 7) is -0.573. The van der Waals surface area contributed by atoms with Crippen LogP contribution in [0.2, 0.25) is 0 Å². The van der Waals surface area contributed by atoms with Crippen molar-refractivity contribution in [2.24, 2.45) is 0 Å². The monoisotopic (exact) mass is 302 g/mol. The molecule has 0 unspecified atom stereocenters. The van der Waals surface area contributed by atoms with Gasteiger partial charge in [0.2, 0.25) is 0 Å². The zero-order valence-electron chi connectivity index (χ0n) is 10.9. The molecule has 10 nitrogen and oxygen atoms in total. The summed E-state index contributed by atoms with van der Waals surface area (Å²) in [5, 5.41) is 28.5. The molecule has 0 saturated carbocycles. The molecule has 0 radical (unpaired) electrons. The fourth-order valence-electron chi connectivity index (χ4n) is 2.04. The first-order chi connectivity index (χ1) is 9.90. The zero-order valence-corrected chi connectivity index (χ0v) is 10.9. The quantitative estimate of drug-likeness (QED) is 0.429. The lowest BCUT2D eigenvalue weighted by atomic mass is 10.1. The number of aromatic amines is 1. The fraction of sp³-hybridized carbons (Fsp3) is 0.545. The van der Waals surface area contributed by atoms with E-state index in [-0.39, 0.29) is 0 Å². The van der Waals surface area contributed by atoms with Crippen LogP contribution < -0.4 is 11.2 Å². The largest absolute Gasteiger partial charge is 0.465 e. The molecule has 1 aromatic heterocycles. The van der Waals surface area contributed by atoms with Gasteiger partial charge < -0.3 is 24.8 Å². The molecule has 0 bridgehead atoms. The Morgan fingerprint density at radius 2 is 2.10 bits per heavy atom. The summed E-state index contributed by atoms with van der Waals surface area (Å²) in [7, 11) is 1.06. The first-order valence-electron chi connectivity index (χ1n) is 5.97. The van der Waals surface area contributed by atoms with Gasteiger partial charge in [-0.2, -0.15) is 0 Å². The van der Waals surface area contributed by atoms with E-state index in [9.17, 15) is 24.6 Å². The smallest absolute Gasteiger partial charge is 0.345 e. The van der Waals surface area contributed by atoms with Gasteiger partial charge in [0.25, 0.3) is 5.56 Å². The number of nitrogens with one attached hydrogen (secondary N) is 1. The Bertz CT molecular complexity index is 650. The molecule has 21 heavy (non-hydrogen) atoms. The molecule has 1 fully saturated rings. The second-order valence-electron chi connectivity index (χ2n) is 4.43. The molecular formula is C11H14N2O8. The minimum atomic E-state index is -1.52. The summed E-state index contributed by atoms with van der Waals surface area (Å²) in [5.41, 5.74) is -2.35. The molecule has 0 aromatic carbocycles. The third-order valence-corrected chi connectivity index (χ3v) is 3.16. The lowest BCUT2D eigenvalue weighted by Gasteiger charge is -2.17. The Morgan fingerprint density at radius 3 is 2.62 bits per heavy atom. The van der Waals surface area contributed by atoms with Crippen LogP contribution in [0.5, 0.6) is 0 Å². The number of rotatable bonds is 3. The fourth-order valence-corrected chi connectivity index (χ4v) is 2.04. The van der Waals surface area contributed by atoms with E-state index < -0.39 is 53.9 Å². The highest BCUT2D eigenvalue weighted by molar-refractivity contribution is 5.88. The van der Waals surface area contributed by atoms with Crippen molar-refractivity contribution in [3.63, 3.8) is 0 Å². The Balaban J connectivity index is 2.47. The molecule has 1 aromatic rings. The first-order valence-corrected chi connectivity index (χ1v) is 5.97. The number of H-pyrrole nitrogens is 1. The van der Waals surface area contributed by atoms with Crippen LogP contribution in [0.4, 0.5) is 0 Å². The van der Waals surface area contributed by atoms with Crippen LogP contribution in [0.1, 0.15) is 16.6 Å². The summed E-state index contributed by atoms with van der Waals surface area (Å²) >= 11 is 0. The van der Waals surface area contributed by atoms with Crippen LogP contribution in [0, 0.1) is 0 Å². The third-order valence-electron chi connectivity index (χ3n) is 3.16. The van der Waals surface area contributed by atoms with Gasteiger partial charge in [-0.15, -0.1) is 0 Å². The van der Waals surface area contributed by atoms with Crippen molar-refractivity contribution in [3.05, 3.63) is 32.6 Å². The molecule has 1 aliphatic rings. The molecule has 0 spiro atoms. The van der Waals surface area contributed by atoms with Crippen LogP contribution >= 0.6 is 0 Å². The van der Waals surface area contributed by atoms with E-state index in [4.69, 9.17) is 9.84 Å². The number of methoxy groups -OCH3 is 1. The maximum absolute atomic E-state index is 11.8. The van der Waals surface area contributed by atoms with Crippen LogP contribution in [0.15, 0.2) is 15.8 Å². The van der Waals surface area contributed by atoms with Gasteiger partial charge in [0, 0.05) is 6.20 Å². The van der Waals surface area contributed by atoms with Crippen molar-refractivity contribution < 1.29 is 29.6 Å². The Labute approximate surface area is 117 Å². The summed E-state index contributed by atoms with van der Waals surface area (Å²) in [4.78, 5) is 36.6. The summed E-state index contributed by atoms with van der Waals surface area (Å²) in [5.74, 6) is -0.975. The molecule has 2 rings (SSSR count). The lowest BCUT2D eigenvalue weighted by molar-refractivity contribution is -0.0551. The Morgan fingerprint density at radius 1 is 1.43 bits per heavy atom. The van der Waals surface area contributed by atoms with Gasteiger partial charge >= 0.3 is 11.7 Å². The molecule has 4 N–H and O–H groups in total. The van der Waals surface area contributed by atoms with Crippen molar-refractivity contribution in [1.82, 2.24) is 9.55 Å². The number of hydrogen-bond acceptors (Lipinski definition) is 8. The van der Waals surface area contributed by atoms with Crippen molar-refractivity contribution >= 4 is 5.97 Å². The van der Waals surface area contributed by atoms with Crippen LogP contribution in [0.25, 0.3) is 0 Å². The number of hydrogen-bond donors (Lipinski definition) is 4. The number of aromatic nitrogens is 2. The van der Waals surface area contributed by atoms with Crippen LogP contribution in [-0.4, -0.2) is 62.9 Å². The third kappa shape index (κ3) is 2.61. The maximum Gasteiger partial charge on any atom is 0.345 e. The number of ether oxygens (including phenoxy) is 2. The predicted molar refractivity (Wildman–Crippen MR) is 65.7 cm³/mol. The maximum atomic E-state index is 11.8. The van der Waals surface area contributed by atoms with Gasteiger partial charge in [0.1, 0.15) is 23.9 Å². The average molecular weight is 302 g/mol. The molecule has 10 heteroatoms. The number of aliphatic hydroxyl groups is 3. The van der Waals surface area contributed by atoms with Crippen LogP contribution in [0.3, 0.4) is 0 Å². The SMILES string of the molecule is COC(=O)c1cn([C@@H]2O[C@H](CO)[C@@H](O)[C@H]2O)c(=O)[nH]c1=O.